The van der Waals surface area contributed by atoms with Crippen LogP contribution in [0.1, 0.15) is 18.1 Å². The van der Waals surface area contributed by atoms with Crippen molar-refractivity contribution in [3.8, 4) is 11.5 Å². The Kier molecular flexibility index (Phi) is 4.21. The van der Waals surface area contributed by atoms with Crippen LogP contribution in [0.5, 0.6) is 11.5 Å². The predicted molar refractivity (Wildman–Crippen MR) is 54.0 cm³/mol. The van der Waals surface area contributed by atoms with E-state index in [1.807, 2.05) is 0 Å². The fourth-order valence-corrected chi connectivity index (χ4v) is 1.44. The van der Waals surface area contributed by atoms with Crippen LogP contribution in [0, 0.1) is 6.92 Å². The van der Waals surface area contributed by atoms with Gasteiger partial charge in [-0.1, -0.05) is 0 Å². The maximum absolute atomic E-state index is 12.7. The van der Waals surface area contributed by atoms with Gasteiger partial charge >= 0.3 is 12.5 Å². The zero-order valence-electron chi connectivity index (χ0n) is 9.95. The average molecular weight is 288 g/mol. The van der Waals surface area contributed by atoms with Gasteiger partial charge in [0.2, 0.25) is 0 Å². The molecule has 1 rings (SSSR count). The van der Waals surface area contributed by atoms with Crippen molar-refractivity contribution in [1.82, 2.24) is 0 Å². The molecule has 0 atom stereocenters. The van der Waals surface area contributed by atoms with Gasteiger partial charge in [-0.2, -0.15) is 13.2 Å². The Morgan fingerprint density at radius 3 is 2.05 bits per heavy atom. The molecular formula is C11H10F6O2. The molecule has 2 nitrogen and oxygen atoms in total. The molecule has 0 unspecified atom stereocenters. The first-order valence-electron chi connectivity index (χ1n) is 5.15. The van der Waals surface area contributed by atoms with Gasteiger partial charge in [-0.15, -0.1) is 13.2 Å². The number of hydrogen-bond donors (Lipinski definition) is 0. The molecule has 0 fully saturated rings. The van der Waals surface area contributed by atoms with Gasteiger partial charge in [-0.25, -0.2) is 0 Å². The highest BCUT2D eigenvalue weighted by molar-refractivity contribution is 5.50. The quantitative estimate of drug-likeness (QED) is 0.771. The lowest BCUT2D eigenvalue weighted by Gasteiger charge is -2.19. The Morgan fingerprint density at radius 1 is 1.05 bits per heavy atom. The summed E-state index contributed by atoms with van der Waals surface area (Å²) in [6.45, 7) is 2.37. The van der Waals surface area contributed by atoms with Gasteiger partial charge in [-0.05, 0) is 31.5 Å². The van der Waals surface area contributed by atoms with Crippen molar-refractivity contribution in [2.45, 2.75) is 26.4 Å². The lowest BCUT2D eigenvalue weighted by molar-refractivity contribution is -0.275. The number of halogens is 6. The first-order valence-corrected chi connectivity index (χ1v) is 5.15. The molecular weight excluding hydrogens is 278 g/mol. The molecule has 0 amide bonds. The maximum atomic E-state index is 12.7. The molecule has 0 spiro atoms. The van der Waals surface area contributed by atoms with Crippen LogP contribution >= 0.6 is 0 Å². The summed E-state index contributed by atoms with van der Waals surface area (Å²) in [7, 11) is 0. The summed E-state index contributed by atoms with van der Waals surface area (Å²) in [5.41, 5.74) is -1.32. The molecule has 0 aliphatic carbocycles. The Morgan fingerprint density at radius 2 is 1.63 bits per heavy atom. The third-order valence-electron chi connectivity index (χ3n) is 2.02. The minimum Gasteiger partial charge on any atom is -0.489 e. The summed E-state index contributed by atoms with van der Waals surface area (Å²) in [5.74, 6) is -1.96. The fraction of sp³-hybridized carbons (Fsp3) is 0.455. The van der Waals surface area contributed by atoms with Crippen LogP contribution in [0.15, 0.2) is 12.1 Å². The lowest BCUT2D eigenvalue weighted by Crippen LogP contribution is -2.19. The monoisotopic (exact) mass is 288 g/mol. The van der Waals surface area contributed by atoms with Crippen LogP contribution < -0.4 is 9.47 Å². The van der Waals surface area contributed by atoms with Crippen LogP contribution in [-0.4, -0.2) is 13.0 Å². The second-order valence-electron chi connectivity index (χ2n) is 3.62. The van der Waals surface area contributed by atoms with E-state index in [0.29, 0.717) is 6.07 Å². The molecule has 108 valence electrons. The molecule has 8 heteroatoms. The third kappa shape index (κ3) is 4.22. The zero-order chi connectivity index (χ0) is 14.8. The number of hydrogen-bond acceptors (Lipinski definition) is 2. The van der Waals surface area contributed by atoms with Gasteiger partial charge in [0.1, 0.15) is 5.56 Å². The van der Waals surface area contributed by atoms with Crippen molar-refractivity contribution < 1.29 is 35.8 Å². The summed E-state index contributed by atoms with van der Waals surface area (Å²) in [5, 5.41) is 0. The first kappa shape index (κ1) is 15.5. The molecule has 0 aliphatic heterocycles. The van der Waals surface area contributed by atoms with E-state index in [4.69, 9.17) is 0 Å². The third-order valence-corrected chi connectivity index (χ3v) is 2.02. The molecule has 1 aromatic carbocycles. The van der Waals surface area contributed by atoms with Crippen molar-refractivity contribution in [3.63, 3.8) is 0 Å². The first-order chi connectivity index (χ1) is 8.54. The van der Waals surface area contributed by atoms with Crippen LogP contribution in [0.3, 0.4) is 0 Å². The van der Waals surface area contributed by atoms with E-state index in [-0.39, 0.29) is 12.2 Å². The van der Waals surface area contributed by atoms with Crippen molar-refractivity contribution in [3.05, 3.63) is 23.3 Å². The largest absolute Gasteiger partial charge is 0.573 e. The highest BCUT2D eigenvalue weighted by Gasteiger charge is 2.39. The van der Waals surface area contributed by atoms with Crippen molar-refractivity contribution in [2.75, 3.05) is 6.61 Å². The van der Waals surface area contributed by atoms with Crippen molar-refractivity contribution in [1.29, 1.82) is 0 Å². The van der Waals surface area contributed by atoms with E-state index >= 15 is 0 Å². The Bertz CT molecular complexity index is 450. The smallest absolute Gasteiger partial charge is 0.489 e. The fourth-order valence-electron chi connectivity index (χ4n) is 1.44. The van der Waals surface area contributed by atoms with Crippen molar-refractivity contribution >= 4 is 0 Å². The number of rotatable bonds is 3. The second-order valence-corrected chi connectivity index (χ2v) is 3.62. The molecule has 0 N–H and O–H groups in total. The summed E-state index contributed by atoms with van der Waals surface area (Å²) < 4.78 is 83.0. The molecule has 1 aromatic rings. The Hall–Kier alpha value is -1.60. The topological polar surface area (TPSA) is 18.5 Å². The van der Waals surface area contributed by atoms with E-state index < -0.39 is 29.6 Å². The van der Waals surface area contributed by atoms with Crippen molar-refractivity contribution in [2.24, 2.45) is 0 Å². The normalized spacial score (nSPS) is 12.4. The molecule has 0 saturated heterocycles. The van der Waals surface area contributed by atoms with E-state index in [1.165, 1.54) is 13.8 Å². The number of benzene rings is 1. The SMILES string of the molecule is CCOc1c(OC(F)(F)F)cc(C)cc1C(F)(F)F. The summed E-state index contributed by atoms with van der Waals surface area (Å²) in [6.07, 6.45) is -9.93. The minimum atomic E-state index is -5.09. The lowest BCUT2D eigenvalue weighted by atomic mass is 10.1. The summed E-state index contributed by atoms with van der Waals surface area (Å²) in [6, 6.07) is 1.54. The Labute approximate surface area is 104 Å². The number of alkyl halides is 6. The van der Waals surface area contributed by atoms with E-state index in [1.54, 1.807) is 0 Å². The zero-order valence-corrected chi connectivity index (χ0v) is 9.95. The van der Waals surface area contributed by atoms with E-state index in [9.17, 15) is 26.3 Å². The van der Waals surface area contributed by atoms with Crippen LogP contribution in [-0.2, 0) is 6.18 Å². The summed E-state index contributed by atoms with van der Waals surface area (Å²) in [4.78, 5) is 0. The predicted octanol–water partition coefficient (Wildman–Crippen LogP) is 4.31. The van der Waals surface area contributed by atoms with Gasteiger partial charge in [-0.3, -0.25) is 0 Å². The van der Waals surface area contributed by atoms with Gasteiger partial charge in [0.05, 0.1) is 6.61 Å². The maximum Gasteiger partial charge on any atom is 0.573 e. The van der Waals surface area contributed by atoms with E-state index in [2.05, 4.69) is 9.47 Å². The summed E-state index contributed by atoms with van der Waals surface area (Å²) >= 11 is 0. The van der Waals surface area contributed by atoms with Crippen LogP contribution in [0.4, 0.5) is 26.3 Å². The average Bonchev–Trinajstić information content (AvgIpc) is 2.17. The van der Waals surface area contributed by atoms with Crippen LogP contribution in [0.2, 0.25) is 0 Å². The number of aryl methyl sites for hydroxylation is 1. The molecule has 0 saturated carbocycles. The van der Waals surface area contributed by atoms with Gasteiger partial charge in [0.15, 0.2) is 11.5 Å². The second kappa shape index (κ2) is 5.18. The molecule has 19 heavy (non-hydrogen) atoms. The van der Waals surface area contributed by atoms with E-state index in [0.717, 1.165) is 6.07 Å². The number of ether oxygens (including phenoxy) is 2. The highest BCUT2D eigenvalue weighted by atomic mass is 19.4. The molecule has 0 heterocycles. The van der Waals surface area contributed by atoms with Gasteiger partial charge in [0.25, 0.3) is 0 Å². The molecule has 0 bridgehead atoms. The molecule has 0 aromatic heterocycles. The standard InChI is InChI=1S/C11H10F6O2/c1-3-18-9-7(10(12,13)14)4-6(2)5-8(9)19-11(15,16)17/h4-5H,3H2,1-2H3. The minimum absolute atomic E-state index is 0.0185. The molecule has 0 aliphatic rings. The van der Waals surface area contributed by atoms with Gasteiger partial charge in [0, 0.05) is 0 Å². The van der Waals surface area contributed by atoms with Gasteiger partial charge < -0.3 is 9.47 Å². The Balaban J connectivity index is 3.40. The van der Waals surface area contributed by atoms with Crippen LogP contribution in [0.25, 0.3) is 0 Å². The highest BCUT2D eigenvalue weighted by Crippen LogP contribution is 2.44. The molecule has 0 radical (unpaired) electrons.